The highest BCUT2D eigenvalue weighted by Gasteiger charge is 2.21. The summed E-state index contributed by atoms with van der Waals surface area (Å²) in [5.74, 6) is 0. The number of anilines is 1. The first-order valence-corrected chi connectivity index (χ1v) is 5.95. The lowest BCUT2D eigenvalue weighted by atomic mass is 10.1. The maximum Gasteiger partial charge on any atom is 0.0389 e. The molecular formula is C13H21N3. The summed E-state index contributed by atoms with van der Waals surface area (Å²) < 4.78 is 0. The van der Waals surface area contributed by atoms with E-state index in [2.05, 4.69) is 48.0 Å². The van der Waals surface area contributed by atoms with E-state index in [1.807, 2.05) is 0 Å². The van der Waals surface area contributed by atoms with Crippen LogP contribution >= 0.6 is 0 Å². The number of piperazine rings is 1. The molecule has 0 bridgehead atoms. The van der Waals surface area contributed by atoms with Gasteiger partial charge < -0.3 is 15.5 Å². The van der Waals surface area contributed by atoms with Crippen LogP contribution in [-0.4, -0.2) is 37.6 Å². The van der Waals surface area contributed by atoms with E-state index >= 15 is 0 Å². The van der Waals surface area contributed by atoms with Gasteiger partial charge in [0.25, 0.3) is 0 Å². The van der Waals surface area contributed by atoms with Crippen molar-refractivity contribution in [3.05, 3.63) is 29.8 Å². The molecular weight excluding hydrogens is 198 g/mol. The van der Waals surface area contributed by atoms with Crippen LogP contribution in [0.1, 0.15) is 12.5 Å². The average molecular weight is 219 g/mol. The van der Waals surface area contributed by atoms with Gasteiger partial charge in [0, 0.05) is 37.9 Å². The van der Waals surface area contributed by atoms with E-state index in [0.29, 0.717) is 12.6 Å². The van der Waals surface area contributed by atoms with Gasteiger partial charge in [0.15, 0.2) is 0 Å². The van der Waals surface area contributed by atoms with Gasteiger partial charge in [-0.3, -0.25) is 0 Å². The molecule has 1 aromatic rings. The highest BCUT2D eigenvalue weighted by molar-refractivity contribution is 5.50. The lowest BCUT2D eigenvalue weighted by Crippen LogP contribution is -2.50. The van der Waals surface area contributed by atoms with Gasteiger partial charge in [-0.05, 0) is 31.7 Å². The van der Waals surface area contributed by atoms with E-state index in [4.69, 9.17) is 5.73 Å². The number of hydrogen-bond acceptors (Lipinski definition) is 3. The van der Waals surface area contributed by atoms with Gasteiger partial charge in [0.05, 0.1) is 0 Å². The Morgan fingerprint density at radius 2 is 2.19 bits per heavy atom. The lowest BCUT2D eigenvalue weighted by Gasteiger charge is -2.40. The van der Waals surface area contributed by atoms with Crippen molar-refractivity contribution in [3.8, 4) is 0 Å². The minimum Gasteiger partial charge on any atom is -0.366 e. The van der Waals surface area contributed by atoms with Crippen LogP contribution in [0.2, 0.25) is 0 Å². The molecule has 1 aliphatic heterocycles. The fourth-order valence-corrected chi connectivity index (χ4v) is 2.39. The molecule has 1 saturated heterocycles. The molecule has 0 aliphatic carbocycles. The maximum absolute atomic E-state index is 5.68. The minimum atomic E-state index is 0.576. The Hall–Kier alpha value is -1.06. The van der Waals surface area contributed by atoms with Gasteiger partial charge in [-0.25, -0.2) is 0 Å². The summed E-state index contributed by atoms with van der Waals surface area (Å²) in [5, 5.41) is 0. The number of rotatable bonds is 2. The van der Waals surface area contributed by atoms with E-state index in [1.165, 1.54) is 11.3 Å². The van der Waals surface area contributed by atoms with Crippen LogP contribution in [0.25, 0.3) is 0 Å². The first kappa shape index (κ1) is 11.4. The van der Waals surface area contributed by atoms with Crippen molar-refractivity contribution in [2.24, 2.45) is 5.73 Å². The third kappa shape index (κ3) is 2.36. The zero-order chi connectivity index (χ0) is 11.5. The Morgan fingerprint density at radius 1 is 1.38 bits per heavy atom. The largest absolute Gasteiger partial charge is 0.366 e. The molecule has 1 aromatic carbocycles. The van der Waals surface area contributed by atoms with Gasteiger partial charge in [-0.15, -0.1) is 0 Å². The molecule has 0 aromatic heterocycles. The van der Waals surface area contributed by atoms with Gasteiger partial charge in [0.2, 0.25) is 0 Å². The number of benzene rings is 1. The average Bonchev–Trinajstić information content (AvgIpc) is 2.29. The molecule has 1 fully saturated rings. The second-order valence-electron chi connectivity index (χ2n) is 4.68. The molecule has 16 heavy (non-hydrogen) atoms. The SMILES string of the molecule is CC1CN(C)CCN1c1cccc(CN)c1. The van der Waals surface area contributed by atoms with Crippen LogP contribution in [0.5, 0.6) is 0 Å². The molecule has 1 unspecified atom stereocenters. The van der Waals surface area contributed by atoms with Crippen molar-refractivity contribution in [2.75, 3.05) is 31.6 Å². The molecule has 0 amide bonds. The maximum atomic E-state index is 5.68. The van der Waals surface area contributed by atoms with Crippen LogP contribution in [0.4, 0.5) is 5.69 Å². The van der Waals surface area contributed by atoms with E-state index in [-0.39, 0.29) is 0 Å². The monoisotopic (exact) mass is 219 g/mol. The zero-order valence-electron chi connectivity index (χ0n) is 10.2. The Morgan fingerprint density at radius 3 is 2.88 bits per heavy atom. The molecule has 2 rings (SSSR count). The Labute approximate surface area is 97.8 Å². The molecule has 0 spiro atoms. The van der Waals surface area contributed by atoms with Gasteiger partial charge in [-0.2, -0.15) is 0 Å². The van der Waals surface area contributed by atoms with E-state index in [1.54, 1.807) is 0 Å². The molecule has 3 nitrogen and oxygen atoms in total. The smallest absolute Gasteiger partial charge is 0.0389 e. The fourth-order valence-electron chi connectivity index (χ4n) is 2.39. The van der Waals surface area contributed by atoms with Crippen molar-refractivity contribution in [2.45, 2.75) is 19.5 Å². The quantitative estimate of drug-likeness (QED) is 0.813. The normalized spacial score (nSPS) is 22.4. The van der Waals surface area contributed by atoms with Gasteiger partial charge >= 0.3 is 0 Å². The Bertz CT molecular complexity index is 351. The second kappa shape index (κ2) is 4.85. The van der Waals surface area contributed by atoms with Crippen LogP contribution in [0.3, 0.4) is 0 Å². The third-order valence-corrected chi connectivity index (χ3v) is 3.31. The fraction of sp³-hybridized carbons (Fsp3) is 0.538. The topological polar surface area (TPSA) is 32.5 Å². The first-order valence-electron chi connectivity index (χ1n) is 5.95. The van der Waals surface area contributed by atoms with Crippen molar-refractivity contribution in [3.63, 3.8) is 0 Å². The summed E-state index contributed by atoms with van der Waals surface area (Å²) >= 11 is 0. The van der Waals surface area contributed by atoms with Crippen molar-refractivity contribution >= 4 is 5.69 Å². The summed E-state index contributed by atoms with van der Waals surface area (Å²) in [7, 11) is 2.18. The molecule has 2 N–H and O–H groups in total. The van der Waals surface area contributed by atoms with Gasteiger partial charge in [0.1, 0.15) is 0 Å². The molecule has 0 radical (unpaired) electrons. The van der Waals surface area contributed by atoms with Crippen LogP contribution in [0.15, 0.2) is 24.3 Å². The van der Waals surface area contributed by atoms with Gasteiger partial charge in [-0.1, -0.05) is 12.1 Å². The number of likely N-dealkylation sites (N-methyl/N-ethyl adjacent to an activating group) is 1. The highest BCUT2D eigenvalue weighted by atomic mass is 15.3. The number of nitrogens with two attached hydrogens (primary N) is 1. The van der Waals surface area contributed by atoms with Crippen molar-refractivity contribution < 1.29 is 0 Å². The molecule has 0 saturated carbocycles. The van der Waals surface area contributed by atoms with Crippen molar-refractivity contribution in [1.82, 2.24) is 4.90 Å². The number of nitrogens with zero attached hydrogens (tertiary/aromatic N) is 2. The minimum absolute atomic E-state index is 0.576. The molecule has 1 heterocycles. The third-order valence-electron chi connectivity index (χ3n) is 3.31. The summed E-state index contributed by atoms with van der Waals surface area (Å²) in [4.78, 5) is 4.85. The summed E-state index contributed by atoms with van der Waals surface area (Å²) in [6, 6.07) is 9.15. The molecule has 1 aliphatic rings. The predicted octanol–water partition coefficient (Wildman–Crippen LogP) is 1.29. The summed E-state index contributed by atoms with van der Waals surface area (Å²) in [6.07, 6.45) is 0. The van der Waals surface area contributed by atoms with Crippen LogP contribution in [0, 0.1) is 0 Å². The summed E-state index contributed by atoms with van der Waals surface area (Å²) in [5.41, 5.74) is 8.20. The van der Waals surface area contributed by atoms with Crippen molar-refractivity contribution in [1.29, 1.82) is 0 Å². The molecule has 1 atom stereocenters. The zero-order valence-corrected chi connectivity index (χ0v) is 10.2. The summed E-state index contributed by atoms with van der Waals surface area (Å²) in [6.45, 7) is 6.27. The molecule has 3 heteroatoms. The second-order valence-corrected chi connectivity index (χ2v) is 4.68. The Kier molecular flexibility index (Phi) is 3.46. The van der Waals surface area contributed by atoms with E-state index < -0.39 is 0 Å². The standard InChI is InChI=1S/C13H21N3/c1-11-10-15(2)6-7-16(11)13-5-3-4-12(8-13)9-14/h3-5,8,11H,6-7,9-10,14H2,1-2H3. The number of hydrogen-bond donors (Lipinski definition) is 1. The van der Waals surface area contributed by atoms with Crippen LogP contribution in [-0.2, 0) is 6.54 Å². The van der Waals surface area contributed by atoms with E-state index in [9.17, 15) is 0 Å². The van der Waals surface area contributed by atoms with Crippen LogP contribution < -0.4 is 10.6 Å². The van der Waals surface area contributed by atoms with E-state index in [0.717, 1.165) is 19.6 Å². The first-order chi connectivity index (χ1) is 7.70. The predicted molar refractivity (Wildman–Crippen MR) is 68.6 cm³/mol. The lowest BCUT2D eigenvalue weighted by molar-refractivity contribution is 0.275. The Balaban J connectivity index is 2.16. The highest BCUT2D eigenvalue weighted by Crippen LogP contribution is 2.21. The molecule has 88 valence electrons.